The summed E-state index contributed by atoms with van der Waals surface area (Å²) >= 11 is 1.32. The Morgan fingerprint density at radius 3 is 2.73 bits per heavy atom. The van der Waals surface area contributed by atoms with Gasteiger partial charge in [-0.3, -0.25) is 14.0 Å². The van der Waals surface area contributed by atoms with Crippen molar-refractivity contribution in [2.24, 2.45) is 0 Å². The molecule has 1 saturated heterocycles. The topological polar surface area (TPSA) is 81.7 Å². The second kappa shape index (κ2) is 8.53. The van der Waals surface area contributed by atoms with E-state index in [1.807, 2.05) is 0 Å². The number of aromatic nitrogens is 4. The van der Waals surface area contributed by atoms with Gasteiger partial charge in [-0.1, -0.05) is 12.1 Å². The lowest BCUT2D eigenvalue weighted by molar-refractivity contribution is -0.134. The van der Waals surface area contributed by atoms with E-state index in [9.17, 15) is 14.0 Å². The van der Waals surface area contributed by atoms with E-state index in [1.165, 1.54) is 26.5 Å². The van der Waals surface area contributed by atoms with Crippen molar-refractivity contribution in [1.82, 2.24) is 24.1 Å². The van der Waals surface area contributed by atoms with Crippen LogP contribution in [-0.4, -0.2) is 56.3 Å². The van der Waals surface area contributed by atoms with E-state index in [4.69, 9.17) is 4.74 Å². The van der Waals surface area contributed by atoms with Gasteiger partial charge in [-0.25, -0.2) is 14.1 Å². The van der Waals surface area contributed by atoms with E-state index < -0.39 is 5.82 Å². The third kappa shape index (κ3) is 3.85. The van der Waals surface area contributed by atoms with Crippen molar-refractivity contribution in [2.45, 2.75) is 20.3 Å². The first kappa shape index (κ1) is 21.5. The molecule has 5 rings (SSSR count). The Morgan fingerprint density at radius 1 is 1.21 bits per heavy atom. The van der Waals surface area contributed by atoms with Gasteiger partial charge < -0.3 is 9.64 Å². The number of nitrogens with zero attached hydrogens (tertiary/aromatic N) is 5. The molecule has 0 unspecified atom stereocenters. The Morgan fingerprint density at radius 2 is 1.97 bits per heavy atom. The Labute approximate surface area is 192 Å². The molecular formula is C23H22FN5O3S. The minimum Gasteiger partial charge on any atom is -0.378 e. The molecule has 10 heteroatoms. The van der Waals surface area contributed by atoms with Gasteiger partial charge in [-0.05, 0) is 32.0 Å². The van der Waals surface area contributed by atoms with Crippen LogP contribution in [0, 0.1) is 19.7 Å². The van der Waals surface area contributed by atoms with E-state index in [0.717, 1.165) is 0 Å². The zero-order valence-corrected chi connectivity index (χ0v) is 19.1. The van der Waals surface area contributed by atoms with Crippen molar-refractivity contribution < 1.29 is 13.9 Å². The summed E-state index contributed by atoms with van der Waals surface area (Å²) < 4.78 is 22.6. The lowest BCUT2D eigenvalue weighted by Crippen LogP contribution is -2.41. The second-order valence-electron chi connectivity index (χ2n) is 7.93. The van der Waals surface area contributed by atoms with Gasteiger partial charge in [0.25, 0.3) is 5.56 Å². The first-order chi connectivity index (χ1) is 15.9. The van der Waals surface area contributed by atoms with Crippen LogP contribution in [0.1, 0.15) is 17.1 Å². The number of carbonyl (C=O) groups is 1. The van der Waals surface area contributed by atoms with Crippen LogP contribution in [0.2, 0.25) is 0 Å². The first-order valence-electron chi connectivity index (χ1n) is 10.6. The van der Waals surface area contributed by atoms with Gasteiger partial charge in [0.1, 0.15) is 17.2 Å². The van der Waals surface area contributed by atoms with Crippen LogP contribution < -0.4 is 5.56 Å². The van der Waals surface area contributed by atoms with Crippen molar-refractivity contribution in [1.29, 1.82) is 0 Å². The van der Waals surface area contributed by atoms with Crippen LogP contribution in [0.25, 0.3) is 21.9 Å². The Hall–Kier alpha value is -3.37. The van der Waals surface area contributed by atoms with Crippen molar-refractivity contribution >= 4 is 22.2 Å². The monoisotopic (exact) mass is 467 g/mol. The van der Waals surface area contributed by atoms with Crippen LogP contribution in [-0.2, 0) is 16.0 Å². The van der Waals surface area contributed by atoms with Crippen molar-refractivity contribution in [3.05, 3.63) is 69.0 Å². The minimum absolute atomic E-state index is 0.0494. The van der Waals surface area contributed by atoms with Crippen LogP contribution >= 0.6 is 11.3 Å². The number of amides is 1. The highest BCUT2D eigenvalue weighted by atomic mass is 32.1. The van der Waals surface area contributed by atoms with E-state index in [1.54, 1.807) is 48.4 Å². The lowest BCUT2D eigenvalue weighted by atomic mass is 10.1. The van der Waals surface area contributed by atoms with Crippen molar-refractivity contribution in [3.8, 4) is 16.9 Å². The molecule has 1 amide bonds. The van der Waals surface area contributed by atoms with Gasteiger partial charge in [-0.15, -0.1) is 11.3 Å². The maximum atomic E-state index is 14.3. The maximum Gasteiger partial charge on any atom is 0.268 e. The van der Waals surface area contributed by atoms with Gasteiger partial charge in [0.05, 0.1) is 30.9 Å². The molecule has 3 aromatic heterocycles. The summed E-state index contributed by atoms with van der Waals surface area (Å²) in [6.45, 7) is 5.69. The van der Waals surface area contributed by atoms with Crippen LogP contribution in [0.5, 0.6) is 0 Å². The van der Waals surface area contributed by atoms with Crippen LogP contribution in [0.15, 0.2) is 40.5 Å². The molecule has 1 aliphatic rings. The third-order valence-corrected chi connectivity index (χ3v) is 6.62. The highest BCUT2D eigenvalue weighted by molar-refractivity contribution is 7.15. The minimum atomic E-state index is -0.404. The zero-order chi connectivity index (χ0) is 23.1. The number of hydrogen-bond donors (Lipinski definition) is 0. The Kier molecular flexibility index (Phi) is 5.55. The number of hydrogen-bond acceptors (Lipinski definition) is 6. The molecule has 1 aliphatic heterocycles. The van der Waals surface area contributed by atoms with E-state index >= 15 is 0 Å². The SMILES string of the molecule is Cc1nc2scc(CC(=O)N3CCOCC3)n2c(=O)c1-c1cc(C)n(-c2ccccc2F)n1. The molecule has 0 N–H and O–H groups in total. The second-order valence-corrected chi connectivity index (χ2v) is 8.76. The summed E-state index contributed by atoms with van der Waals surface area (Å²) in [5.41, 5.74) is 2.58. The number of benzene rings is 1. The van der Waals surface area contributed by atoms with Gasteiger partial charge in [0, 0.05) is 29.9 Å². The molecule has 4 heterocycles. The predicted octanol–water partition coefficient (Wildman–Crippen LogP) is 2.77. The summed E-state index contributed by atoms with van der Waals surface area (Å²) in [5, 5.41) is 6.33. The fraction of sp³-hybridized carbons (Fsp3) is 0.304. The molecule has 33 heavy (non-hydrogen) atoms. The fourth-order valence-corrected chi connectivity index (χ4v) is 4.99. The number of halogens is 1. The van der Waals surface area contributed by atoms with E-state index in [2.05, 4.69) is 10.1 Å². The molecule has 4 aromatic rings. The number of aryl methyl sites for hydroxylation is 2. The fourth-order valence-electron chi connectivity index (χ4n) is 4.07. The number of ether oxygens (including phenoxy) is 1. The standard InChI is InChI=1S/C23H22FN5O3S/c1-14-11-18(26-29(14)19-6-4-3-5-17(19)24)21-15(2)25-23-28(22(21)31)16(13-33-23)12-20(30)27-7-9-32-10-8-27/h3-6,11,13H,7-10,12H2,1-2H3. The smallest absolute Gasteiger partial charge is 0.268 e. The normalized spacial score (nSPS) is 14.2. The van der Waals surface area contributed by atoms with E-state index in [0.29, 0.717) is 65.3 Å². The molecule has 0 aliphatic carbocycles. The van der Waals surface area contributed by atoms with Crippen LogP contribution in [0.3, 0.4) is 0 Å². The quantitative estimate of drug-likeness (QED) is 0.461. The van der Waals surface area contributed by atoms with Crippen LogP contribution in [0.4, 0.5) is 4.39 Å². The van der Waals surface area contributed by atoms with Gasteiger partial charge in [0.15, 0.2) is 4.96 Å². The molecule has 0 radical (unpaired) electrons. The average Bonchev–Trinajstić information content (AvgIpc) is 3.38. The Balaban J connectivity index is 1.57. The number of fused-ring (bicyclic) bond motifs is 1. The molecule has 0 spiro atoms. The van der Waals surface area contributed by atoms with Gasteiger partial charge in [-0.2, -0.15) is 5.10 Å². The van der Waals surface area contributed by atoms with E-state index in [-0.39, 0.29) is 17.9 Å². The lowest BCUT2D eigenvalue weighted by Gasteiger charge is -2.26. The summed E-state index contributed by atoms with van der Waals surface area (Å²) in [7, 11) is 0. The van der Waals surface area contributed by atoms with Gasteiger partial charge in [0.2, 0.25) is 5.91 Å². The summed E-state index contributed by atoms with van der Waals surface area (Å²) in [4.78, 5) is 33.2. The number of rotatable bonds is 4. The summed E-state index contributed by atoms with van der Waals surface area (Å²) in [6.07, 6.45) is 0.104. The molecule has 0 atom stereocenters. The number of morpholine rings is 1. The highest BCUT2D eigenvalue weighted by Crippen LogP contribution is 2.24. The molecule has 0 bridgehead atoms. The summed E-state index contributed by atoms with van der Waals surface area (Å²) in [5.74, 6) is -0.453. The number of carbonyl (C=O) groups excluding carboxylic acids is 1. The molecule has 170 valence electrons. The van der Waals surface area contributed by atoms with Crippen molar-refractivity contribution in [2.75, 3.05) is 26.3 Å². The zero-order valence-electron chi connectivity index (χ0n) is 18.2. The molecular weight excluding hydrogens is 445 g/mol. The molecule has 1 fully saturated rings. The maximum absolute atomic E-state index is 14.3. The summed E-state index contributed by atoms with van der Waals surface area (Å²) in [6, 6.07) is 8.09. The molecule has 1 aromatic carbocycles. The first-order valence-corrected chi connectivity index (χ1v) is 11.5. The third-order valence-electron chi connectivity index (χ3n) is 5.74. The largest absolute Gasteiger partial charge is 0.378 e. The molecule has 0 saturated carbocycles. The average molecular weight is 468 g/mol. The van der Waals surface area contributed by atoms with Crippen molar-refractivity contribution in [3.63, 3.8) is 0 Å². The molecule has 8 nitrogen and oxygen atoms in total. The number of para-hydroxylation sites is 1. The Bertz CT molecular complexity index is 1420. The highest BCUT2D eigenvalue weighted by Gasteiger charge is 2.22. The van der Waals surface area contributed by atoms with Gasteiger partial charge >= 0.3 is 0 Å². The number of thiazole rings is 1. The predicted molar refractivity (Wildman–Crippen MR) is 122 cm³/mol.